The minimum Gasteiger partial charge on any atom is -0.480 e. The summed E-state index contributed by atoms with van der Waals surface area (Å²) >= 11 is 0. The lowest BCUT2D eigenvalue weighted by atomic mass is 9.93. The molecule has 0 aliphatic rings. The maximum atomic E-state index is 15.2. The molecule has 8 nitrogen and oxygen atoms in total. The van der Waals surface area contributed by atoms with E-state index in [-0.39, 0.29) is 40.7 Å². The maximum Gasteiger partial charge on any atom is 0.417 e. The number of hydrogen-bond donors (Lipinski definition) is 2. The monoisotopic (exact) mass is 712 g/mol. The Morgan fingerprint density at radius 3 is 2.20 bits per heavy atom. The molecule has 2 N–H and O–H groups in total. The molecule has 0 bridgehead atoms. The van der Waals surface area contributed by atoms with Gasteiger partial charge >= 0.3 is 18.3 Å². The number of aromatic nitrogens is 2. The summed E-state index contributed by atoms with van der Waals surface area (Å²) in [4.78, 5) is 43.4. The molecular weight excluding hydrogens is 680 g/mol. The molecule has 0 unspecified atom stereocenters. The molecule has 0 saturated carbocycles. The van der Waals surface area contributed by atoms with E-state index in [1.165, 1.54) is 45.3 Å². The number of aliphatic carboxylic acids is 1. The summed E-state index contributed by atoms with van der Waals surface area (Å²) in [5.74, 6) is -6.22. The second-order valence-electron chi connectivity index (χ2n) is 11.6. The van der Waals surface area contributed by atoms with Gasteiger partial charge in [0.1, 0.15) is 29.3 Å². The van der Waals surface area contributed by atoms with Crippen molar-refractivity contribution in [1.82, 2.24) is 14.9 Å². The van der Waals surface area contributed by atoms with Crippen LogP contribution in [0, 0.1) is 18.6 Å². The highest BCUT2D eigenvalue weighted by molar-refractivity contribution is 5.99. The first-order valence-electron chi connectivity index (χ1n) is 15.3. The van der Waals surface area contributed by atoms with Crippen molar-refractivity contribution in [3.05, 3.63) is 93.0 Å². The van der Waals surface area contributed by atoms with Crippen LogP contribution < -0.4 is 15.8 Å². The molecule has 0 spiro atoms. The Kier molecular flexibility index (Phi) is 10.9. The quantitative estimate of drug-likeness (QED) is 0.160. The van der Waals surface area contributed by atoms with Crippen LogP contribution >= 0.6 is 0 Å². The molecule has 50 heavy (non-hydrogen) atoms. The van der Waals surface area contributed by atoms with Crippen LogP contribution in [0.5, 0.6) is 0 Å². The van der Waals surface area contributed by atoms with E-state index in [9.17, 15) is 45.8 Å². The molecule has 2 heterocycles. The zero-order valence-corrected chi connectivity index (χ0v) is 27.1. The van der Waals surface area contributed by atoms with E-state index < -0.39 is 88.7 Å². The number of halogens is 8. The van der Waals surface area contributed by atoms with Gasteiger partial charge in [-0.15, -0.1) is 0 Å². The average Bonchev–Trinajstić information content (AvgIpc) is 3.02. The minimum atomic E-state index is -4.92. The fraction of sp³-hybridized carbons (Fsp3) is 0.353. The van der Waals surface area contributed by atoms with E-state index in [1.807, 2.05) is 5.32 Å². The van der Waals surface area contributed by atoms with E-state index >= 15 is 8.78 Å². The number of aryl methyl sites for hydroxylation is 1. The second kappa shape index (κ2) is 14.5. The van der Waals surface area contributed by atoms with Crippen molar-refractivity contribution in [2.45, 2.75) is 64.5 Å². The lowest BCUT2D eigenvalue weighted by molar-refractivity contribution is -0.149. The van der Waals surface area contributed by atoms with Gasteiger partial charge in [0.15, 0.2) is 0 Å². The highest BCUT2D eigenvalue weighted by atomic mass is 19.4. The number of nitrogens with zero attached hydrogens (tertiary/aromatic N) is 3. The number of hydrogen-bond acceptors (Lipinski definition) is 5. The number of pyridine rings is 2. The third kappa shape index (κ3) is 7.58. The molecule has 0 saturated heterocycles. The van der Waals surface area contributed by atoms with Crippen LogP contribution in [0.15, 0.2) is 53.5 Å². The van der Waals surface area contributed by atoms with Gasteiger partial charge in [0.2, 0.25) is 0 Å². The average molecular weight is 713 g/mol. The van der Waals surface area contributed by atoms with Gasteiger partial charge in [-0.25, -0.2) is 13.6 Å². The molecular formula is C34H32F8N4O4. The highest BCUT2D eigenvalue weighted by Gasteiger charge is 2.43. The smallest absolute Gasteiger partial charge is 0.417 e. The molecule has 2 atom stereocenters. The van der Waals surface area contributed by atoms with Crippen molar-refractivity contribution in [2.75, 3.05) is 11.4 Å². The summed E-state index contributed by atoms with van der Waals surface area (Å²) < 4.78 is 115. The van der Waals surface area contributed by atoms with E-state index in [4.69, 9.17) is 0 Å². The van der Waals surface area contributed by atoms with Gasteiger partial charge in [-0.3, -0.25) is 14.6 Å². The van der Waals surface area contributed by atoms with Crippen molar-refractivity contribution >= 4 is 28.5 Å². The normalized spacial score (nSPS) is 13.3. The Balaban J connectivity index is 1.72. The molecule has 16 heteroatoms. The Bertz CT molecular complexity index is 1970. The van der Waals surface area contributed by atoms with Crippen molar-refractivity contribution in [3.8, 4) is 11.1 Å². The standard InChI is InChI=1S/C34H32F8N4O4/c1-5-12-46(26(6-2)34(40,41)42)19-15-23(35)28(24(36)16-19)30(47)44-25(32(49)50)14-18-9-10-21(29-20(18)8-7-11-43-29)27-22(33(37,38)39)13-17(3)45(4)31(27)48/h7-11,13,15-16,25-26H,5-6,12,14H2,1-4H3,(H,44,47)(H,49,50)/t25-,26+/m0/s1. The number of alkyl halides is 6. The Morgan fingerprint density at radius 2 is 1.66 bits per heavy atom. The number of amides is 1. The molecule has 0 aliphatic heterocycles. The summed E-state index contributed by atoms with van der Waals surface area (Å²) in [5.41, 5.74) is -4.61. The van der Waals surface area contributed by atoms with Crippen molar-refractivity contribution in [1.29, 1.82) is 0 Å². The lowest BCUT2D eigenvalue weighted by Crippen LogP contribution is -2.46. The van der Waals surface area contributed by atoms with Crippen LogP contribution in [0.4, 0.5) is 40.8 Å². The fourth-order valence-corrected chi connectivity index (χ4v) is 5.84. The first kappa shape index (κ1) is 37.8. The third-order valence-corrected chi connectivity index (χ3v) is 8.32. The van der Waals surface area contributed by atoms with Crippen molar-refractivity contribution < 1.29 is 49.8 Å². The predicted molar refractivity (Wildman–Crippen MR) is 169 cm³/mol. The van der Waals surface area contributed by atoms with Crippen molar-refractivity contribution in [3.63, 3.8) is 0 Å². The van der Waals surface area contributed by atoms with Gasteiger partial charge in [-0.05, 0) is 49.6 Å². The molecule has 2 aromatic carbocycles. The molecule has 0 aliphatic carbocycles. The van der Waals surface area contributed by atoms with Gasteiger partial charge < -0.3 is 19.9 Å². The topological polar surface area (TPSA) is 105 Å². The molecule has 0 fully saturated rings. The number of carbonyl (C=O) groups is 2. The van der Waals surface area contributed by atoms with Gasteiger partial charge in [0, 0.05) is 48.5 Å². The van der Waals surface area contributed by atoms with Gasteiger partial charge in [-0.2, -0.15) is 26.3 Å². The zero-order valence-electron chi connectivity index (χ0n) is 27.1. The fourth-order valence-electron chi connectivity index (χ4n) is 5.84. The molecule has 268 valence electrons. The SMILES string of the molecule is CCCN(c1cc(F)c(C(=O)N[C@@H](Cc2ccc(-c3c(C(F)(F)F)cc(C)n(C)c3=O)c3ncccc23)C(=O)O)c(F)c1)[C@H](CC)C(F)(F)F. The summed E-state index contributed by atoms with van der Waals surface area (Å²) in [6.45, 7) is 3.97. The predicted octanol–water partition coefficient (Wildman–Crippen LogP) is 7.19. The number of carboxylic acid groups (broad SMARTS) is 1. The van der Waals surface area contributed by atoms with Crippen molar-refractivity contribution in [2.24, 2.45) is 7.05 Å². The van der Waals surface area contributed by atoms with Crippen LogP contribution in [0.25, 0.3) is 22.0 Å². The largest absolute Gasteiger partial charge is 0.480 e. The van der Waals surface area contributed by atoms with Gasteiger partial charge in [-0.1, -0.05) is 32.0 Å². The van der Waals surface area contributed by atoms with Gasteiger partial charge in [0.05, 0.1) is 16.6 Å². The Hall–Kier alpha value is -5.02. The first-order valence-corrected chi connectivity index (χ1v) is 15.3. The van der Waals surface area contributed by atoms with Crippen LogP contribution in [0.2, 0.25) is 0 Å². The molecule has 0 radical (unpaired) electrons. The number of carbonyl (C=O) groups excluding carboxylic acids is 1. The molecule has 4 aromatic rings. The summed E-state index contributed by atoms with van der Waals surface area (Å²) in [6, 6.07) is 3.29. The number of nitrogens with one attached hydrogen (secondary N) is 1. The highest BCUT2D eigenvalue weighted by Crippen LogP contribution is 2.39. The summed E-state index contributed by atoms with van der Waals surface area (Å²) in [5, 5.41) is 12.1. The Morgan fingerprint density at radius 1 is 1.02 bits per heavy atom. The minimum absolute atomic E-state index is 0.0484. The van der Waals surface area contributed by atoms with E-state index in [0.29, 0.717) is 12.1 Å². The van der Waals surface area contributed by atoms with Crippen LogP contribution in [-0.2, 0) is 24.4 Å². The summed E-state index contributed by atoms with van der Waals surface area (Å²) in [6.07, 6.45) is -9.15. The first-order chi connectivity index (χ1) is 23.3. The van der Waals surface area contributed by atoms with E-state index in [1.54, 1.807) is 6.92 Å². The number of carboxylic acids is 1. The lowest BCUT2D eigenvalue weighted by Gasteiger charge is -2.34. The second-order valence-corrected chi connectivity index (χ2v) is 11.6. The summed E-state index contributed by atoms with van der Waals surface area (Å²) in [7, 11) is 1.30. The van der Waals surface area contributed by atoms with E-state index in [0.717, 1.165) is 21.6 Å². The van der Waals surface area contributed by atoms with Crippen LogP contribution in [0.3, 0.4) is 0 Å². The molecule has 4 rings (SSSR count). The maximum absolute atomic E-state index is 15.2. The Labute approximate surface area is 280 Å². The third-order valence-electron chi connectivity index (χ3n) is 8.32. The van der Waals surface area contributed by atoms with E-state index in [2.05, 4.69) is 4.98 Å². The van der Waals surface area contributed by atoms with Crippen LogP contribution in [0.1, 0.15) is 53.9 Å². The number of anilines is 1. The van der Waals surface area contributed by atoms with Crippen LogP contribution in [-0.4, -0.2) is 51.3 Å². The molecule has 2 aromatic heterocycles. The number of benzene rings is 2. The number of rotatable bonds is 11. The van der Waals surface area contributed by atoms with Gasteiger partial charge in [0.25, 0.3) is 11.5 Å². The molecule has 1 amide bonds. The zero-order chi connectivity index (χ0) is 37.3. The number of fused-ring (bicyclic) bond motifs is 1.